The molecule has 0 radical (unpaired) electrons. The van der Waals surface area contributed by atoms with E-state index in [0.717, 1.165) is 18.4 Å². The van der Waals surface area contributed by atoms with Crippen LogP contribution < -0.4 is 19.1 Å². The zero-order valence-corrected chi connectivity index (χ0v) is 17.7. The summed E-state index contributed by atoms with van der Waals surface area (Å²) < 4.78 is 74.2. The molecule has 0 saturated heterocycles. The fourth-order valence-corrected chi connectivity index (χ4v) is 3.64. The fourth-order valence-electron chi connectivity index (χ4n) is 2.51. The van der Waals surface area contributed by atoms with E-state index in [1.54, 1.807) is 0 Å². The van der Waals surface area contributed by atoms with Gasteiger partial charge in [-0.25, -0.2) is 8.42 Å². The second-order valence-electron chi connectivity index (χ2n) is 6.05. The Morgan fingerprint density at radius 1 is 1.10 bits per heavy atom. The van der Waals surface area contributed by atoms with Gasteiger partial charge in [-0.2, -0.15) is 13.2 Å². The van der Waals surface area contributed by atoms with Crippen LogP contribution in [0.3, 0.4) is 0 Å². The number of hydrogen-bond acceptors (Lipinski definition) is 5. The van der Waals surface area contributed by atoms with Crippen LogP contribution in [-0.4, -0.2) is 41.3 Å². The maximum atomic E-state index is 13.0. The topological polar surface area (TPSA) is 84.9 Å². The molecule has 0 saturated carbocycles. The van der Waals surface area contributed by atoms with Crippen molar-refractivity contribution in [1.82, 2.24) is 0 Å². The molecule has 0 aromatic heterocycles. The molecular formula is C18H18ClF3N2O5S. The smallest absolute Gasteiger partial charge is 0.416 e. The number of sulfonamides is 1. The van der Waals surface area contributed by atoms with Gasteiger partial charge in [0.1, 0.15) is 6.54 Å². The van der Waals surface area contributed by atoms with Gasteiger partial charge in [-0.05, 0) is 30.3 Å². The van der Waals surface area contributed by atoms with E-state index in [2.05, 4.69) is 5.32 Å². The van der Waals surface area contributed by atoms with E-state index in [4.69, 9.17) is 21.1 Å². The first-order valence-electron chi connectivity index (χ1n) is 8.23. The average Bonchev–Trinajstić information content (AvgIpc) is 2.64. The van der Waals surface area contributed by atoms with Crippen LogP contribution in [-0.2, 0) is 21.0 Å². The number of methoxy groups -OCH3 is 2. The van der Waals surface area contributed by atoms with Gasteiger partial charge in [0, 0.05) is 11.8 Å². The lowest BCUT2D eigenvalue weighted by Gasteiger charge is -2.24. The summed E-state index contributed by atoms with van der Waals surface area (Å²) in [6.07, 6.45) is -3.96. The standard InChI is InChI=1S/C18H18ClF3N2O5S/c1-28-15-7-5-12(9-16(15)29-2)23-17(25)10-24(30(3,26)27)14-8-11(18(20,21)22)4-6-13(14)19/h4-9H,10H2,1-3H3,(H,23,25). The average molecular weight is 467 g/mol. The van der Waals surface area contributed by atoms with Gasteiger partial charge in [-0.3, -0.25) is 9.10 Å². The first-order valence-corrected chi connectivity index (χ1v) is 10.5. The van der Waals surface area contributed by atoms with Crippen LogP contribution in [0.4, 0.5) is 24.5 Å². The van der Waals surface area contributed by atoms with Crippen LogP contribution in [0.25, 0.3) is 0 Å². The molecule has 2 aromatic carbocycles. The summed E-state index contributed by atoms with van der Waals surface area (Å²) in [5.41, 5.74) is -1.30. The fraction of sp³-hybridized carbons (Fsp3) is 0.278. The van der Waals surface area contributed by atoms with Crippen molar-refractivity contribution in [3.8, 4) is 11.5 Å². The molecular weight excluding hydrogens is 449 g/mol. The molecule has 0 aliphatic heterocycles. The number of nitrogens with one attached hydrogen (secondary N) is 1. The molecule has 1 amide bonds. The Labute approximate surface area is 176 Å². The third-order valence-corrected chi connectivity index (χ3v) is 5.34. The van der Waals surface area contributed by atoms with Gasteiger partial charge in [-0.15, -0.1) is 0 Å². The zero-order chi connectivity index (χ0) is 22.7. The van der Waals surface area contributed by atoms with Crippen LogP contribution in [0.15, 0.2) is 36.4 Å². The van der Waals surface area contributed by atoms with Crippen molar-refractivity contribution >= 4 is 38.9 Å². The molecule has 0 heterocycles. The summed E-state index contributed by atoms with van der Waals surface area (Å²) in [6, 6.07) is 6.67. The summed E-state index contributed by atoms with van der Waals surface area (Å²) in [6.45, 7) is -0.797. The van der Waals surface area contributed by atoms with Gasteiger partial charge in [0.05, 0.1) is 36.7 Å². The largest absolute Gasteiger partial charge is 0.493 e. The minimum absolute atomic E-state index is 0.257. The number of carbonyl (C=O) groups is 1. The SMILES string of the molecule is COc1ccc(NC(=O)CN(c2cc(C(F)(F)F)ccc2Cl)S(C)(=O)=O)cc1OC. The number of alkyl halides is 3. The molecule has 2 aromatic rings. The lowest BCUT2D eigenvalue weighted by atomic mass is 10.2. The van der Waals surface area contributed by atoms with Crippen LogP contribution in [0.2, 0.25) is 5.02 Å². The highest BCUT2D eigenvalue weighted by Crippen LogP contribution is 2.36. The van der Waals surface area contributed by atoms with Crippen LogP contribution in [0.1, 0.15) is 5.56 Å². The summed E-state index contributed by atoms with van der Waals surface area (Å²) in [4.78, 5) is 12.4. The number of halogens is 4. The molecule has 164 valence electrons. The second kappa shape index (κ2) is 9.00. The maximum absolute atomic E-state index is 13.0. The van der Waals surface area contributed by atoms with Crippen LogP contribution in [0, 0.1) is 0 Å². The highest BCUT2D eigenvalue weighted by molar-refractivity contribution is 7.92. The van der Waals surface area contributed by atoms with Gasteiger partial charge in [0.2, 0.25) is 15.9 Å². The number of carbonyl (C=O) groups excluding carboxylic acids is 1. The maximum Gasteiger partial charge on any atom is 0.416 e. The van der Waals surface area contributed by atoms with E-state index in [1.165, 1.54) is 32.4 Å². The quantitative estimate of drug-likeness (QED) is 0.671. The van der Waals surface area contributed by atoms with Crippen LogP contribution in [0.5, 0.6) is 11.5 Å². The summed E-state index contributed by atoms with van der Waals surface area (Å²) in [5, 5.41) is 2.20. The Hall–Kier alpha value is -2.66. The molecule has 0 unspecified atom stereocenters. The molecule has 2 rings (SSSR count). The van der Waals surface area contributed by atoms with Crippen LogP contribution >= 0.6 is 11.6 Å². The lowest BCUT2D eigenvalue weighted by molar-refractivity contribution is -0.137. The molecule has 1 N–H and O–H groups in total. The highest BCUT2D eigenvalue weighted by Gasteiger charge is 2.33. The van der Waals surface area contributed by atoms with E-state index < -0.39 is 39.9 Å². The summed E-state index contributed by atoms with van der Waals surface area (Å²) >= 11 is 5.93. The lowest BCUT2D eigenvalue weighted by Crippen LogP contribution is -2.37. The van der Waals surface area contributed by atoms with E-state index in [0.29, 0.717) is 21.9 Å². The minimum atomic E-state index is -4.72. The summed E-state index contributed by atoms with van der Waals surface area (Å²) in [7, 11) is -1.31. The minimum Gasteiger partial charge on any atom is -0.493 e. The number of benzene rings is 2. The number of hydrogen-bond donors (Lipinski definition) is 1. The number of ether oxygens (including phenoxy) is 2. The molecule has 0 atom stereocenters. The van der Waals surface area contributed by atoms with Crippen molar-refractivity contribution < 1.29 is 35.9 Å². The predicted octanol–water partition coefficient (Wildman–Crippen LogP) is 3.78. The molecule has 0 fully saturated rings. The first kappa shape index (κ1) is 23.6. The van der Waals surface area contributed by atoms with Crippen molar-refractivity contribution in [2.75, 3.05) is 36.6 Å². The van der Waals surface area contributed by atoms with E-state index >= 15 is 0 Å². The third kappa shape index (κ3) is 5.70. The third-order valence-electron chi connectivity index (χ3n) is 3.90. The van der Waals surface area contributed by atoms with Gasteiger partial charge < -0.3 is 14.8 Å². The van der Waals surface area contributed by atoms with Gasteiger partial charge in [-0.1, -0.05) is 11.6 Å². The highest BCUT2D eigenvalue weighted by atomic mass is 35.5. The molecule has 30 heavy (non-hydrogen) atoms. The van der Waals surface area contributed by atoms with Gasteiger partial charge in [0.15, 0.2) is 11.5 Å². The van der Waals surface area contributed by atoms with Crippen molar-refractivity contribution in [3.05, 3.63) is 47.0 Å². The van der Waals surface area contributed by atoms with Gasteiger partial charge >= 0.3 is 6.18 Å². The number of nitrogens with zero attached hydrogens (tertiary/aromatic N) is 1. The molecule has 0 aliphatic rings. The number of amides is 1. The monoisotopic (exact) mass is 466 g/mol. The molecule has 0 bridgehead atoms. The Morgan fingerprint density at radius 3 is 2.27 bits per heavy atom. The van der Waals surface area contributed by atoms with Gasteiger partial charge in [0.25, 0.3) is 0 Å². The second-order valence-corrected chi connectivity index (χ2v) is 8.37. The van der Waals surface area contributed by atoms with E-state index in [9.17, 15) is 26.4 Å². The van der Waals surface area contributed by atoms with Crippen molar-refractivity contribution in [3.63, 3.8) is 0 Å². The molecule has 0 aliphatic carbocycles. The van der Waals surface area contributed by atoms with E-state index in [1.807, 2.05) is 0 Å². The Balaban J connectivity index is 2.34. The number of anilines is 2. The van der Waals surface area contributed by atoms with Crippen molar-refractivity contribution in [2.45, 2.75) is 6.18 Å². The molecule has 0 spiro atoms. The first-order chi connectivity index (χ1) is 13.9. The zero-order valence-electron chi connectivity index (χ0n) is 16.1. The van der Waals surface area contributed by atoms with Crippen molar-refractivity contribution in [1.29, 1.82) is 0 Å². The summed E-state index contributed by atoms with van der Waals surface area (Å²) in [5.74, 6) is -0.0821. The molecule has 12 heteroatoms. The van der Waals surface area contributed by atoms with E-state index in [-0.39, 0.29) is 10.7 Å². The predicted molar refractivity (Wildman–Crippen MR) is 107 cm³/mol. The normalized spacial score (nSPS) is 11.7. The Bertz CT molecular complexity index is 1040. The number of rotatable bonds is 7. The molecule has 7 nitrogen and oxygen atoms in total. The Morgan fingerprint density at radius 2 is 1.73 bits per heavy atom. The van der Waals surface area contributed by atoms with Crippen molar-refractivity contribution in [2.24, 2.45) is 0 Å². The Kier molecular flexibility index (Phi) is 7.09.